The van der Waals surface area contributed by atoms with Crippen molar-refractivity contribution in [3.05, 3.63) is 291 Å². The summed E-state index contributed by atoms with van der Waals surface area (Å²) in [5.74, 6) is 0. The number of fused-ring (bicyclic) bond motifs is 7. The van der Waals surface area contributed by atoms with Gasteiger partial charge in [-0.3, -0.25) is 0 Å². The minimum atomic E-state index is 1.11. The molecule has 0 unspecified atom stereocenters. The lowest BCUT2D eigenvalue weighted by atomic mass is 9.81. The van der Waals surface area contributed by atoms with Gasteiger partial charge in [0.2, 0.25) is 0 Å². The van der Waals surface area contributed by atoms with Gasteiger partial charge < -0.3 is 9.80 Å². The lowest BCUT2D eigenvalue weighted by Crippen LogP contribution is -2.09. The topological polar surface area (TPSA) is 6.48 Å². The van der Waals surface area contributed by atoms with Crippen LogP contribution in [0.3, 0.4) is 0 Å². The summed E-state index contributed by atoms with van der Waals surface area (Å²) in [6.45, 7) is 0. The maximum Gasteiger partial charge on any atom is 0.0462 e. The number of nitrogens with zero attached hydrogens (tertiary/aromatic N) is 2. The first-order chi connectivity index (χ1) is 35.7. The molecule has 0 radical (unpaired) electrons. The summed E-state index contributed by atoms with van der Waals surface area (Å²) in [4.78, 5) is 4.61. The Balaban J connectivity index is 0.916. The van der Waals surface area contributed by atoms with Crippen molar-refractivity contribution < 1.29 is 0 Å². The van der Waals surface area contributed by atoms with Gasteiger partial charge in [-0.25, -0.2) is 0 Å². The quantitative estimate of drug-likeness (QED) is 0.0996. The number of anilines is 6. The van der Waals surface area contributed by atoms with Crippen LogP contribution in [0.4, 0.5) is 34.1 Å². The number of hydrogen-bond donors (Lipinski definition) is 0. The second-order valence-corrected chi connectivity index (χ2v) is 18.4. The van der Waals surface area contributed by atoms with Crippen LogP contribution in [0.2, 0.25) is 0 Å². The molecule has 0 bridgehead atoms. The van der Waals surface area contributed by atoms with Crippen molar-refractivity contribution in [1.82, 2.24) is 0 Å². The van der Waals surface area contributed by atoms with Gasteiger partial charge in [0.25, 0.3) is 0 Å². The molecule has 0 N–H and O–H groups in total. The predicted molar refractivity (Wildman–Crippen MR) is 308 cm³/mol. The van der Waals surface area contributed by atoms with Crippen LogP contribution in [-0.4, -0.2) is 0 Å². The maximum absolute atomic E-state index is 2.33. The monoisotopic (exact) mass is 916 g/mol. The minimum absolute atomic E-state index is 1.11. The third-order valence-electron chi connectivity index (χ3n) is 14.2. The van der Waals surface area contributed by atoms with Crippen molar-refractivity contribution in [3.8, 4) is 44.5 Å². The van der Waals surface area contributed by atoms with E-state index >= 15 is 0 Å². The third-order valence-corrected chi connectivity index (χ3v) is 14.2. The van der Waals surface area contributed by atoms with E-state index in [1.54, 1.807) is 0 Å². The number of benzene rings is 13. The van der Waals surface area contributed by atoms with Crippen LogP contribution >= 0.6 is 0 Å². The first-order valence-corrected chi connectivity index (χ1v) is 24.8. The highest BCUT2D eigenvalue weighted by atomic mass is 15.1. The molecule has 0 saturated carbocycles. The van der Waals surface area contributed by atoms with Crippen LogP contribution in [0.1, 0.15) is 0 Å². The lowest BCUT2D eigenvalue weighted by Gasteiger charge is -2.25. The molecule has 2 nitrogen and oxygen atoms in total. The largest absolute Gasteiger partial charge is 0.311 e. The highest BCUT2D eigenvalue weighted by molar-refractivity contribution is 6.36. The highest BCUT2D eigenvalue weighted by Gasteiger charge is 2.22. The summed E-state index contributed by atoms with van der Waals surface area (Å²) in [5.41, 5.74) is 16.3. The SMILES string of the molecule is c1ccc(N(c2ccccc2)c2ccc(-c3ccc(-c4c5ccccc5c(-c5ccc(-c6ccc(N(c7ccccc7)c7ccccc7)cc6)cc5)c5c6ccccc6c6ccccc6c45)cc3)cc2)cc1. The van der Waals surface area contributed by atoms with Crippen molar-refractivity contribution in [2.45, 2.75) is 0 Å². The summed E-state index contributed by atoms with van der Waals surface area (Å²) in [6.07, 6.45) is 0. The van der Waals surface area contributed by atoms with Gasteiger partial charge in [0.15, 0.2) is 0 Å². The molecule has 0 aliphatic carbocycles. The Kier molecular flexibility index (Phi) is 10.9. The Hall–Kier alpha value is -9.50. The van der Waals surface area contributed by atoms with Crippen molar-refractivity contribution >= 4 is 77.2 Å². The number of rotatable bonds is 10. The van der Waals surface area contributed by atoms with Gasteiger partial charge in [0.05, 0.1) is 0 Å². The van der Waals surface area contributed by atoms with Crippen molar-refractivity contribution in [3.63, 3.8) is 0 Å². The van der Waals surface area contributed by atoms with Gasteiger partial charge in [-0.2, -0.15) is 0 Å². The molecule has 0 heterocycles. The molecule has 13 aromatic rings. The van der Waals surface area contributed by atoms with E-state index in [4.69, 9.17) is 0 Å². The number of hydrogen-bond acceptors (Lipinski definition) is 2. The van der Waals surface area contributed by atoms with E-state index in [0.29, 0.717) is 0 Å². The molecule has 72 heavy (non-hydrogen) atoms. The average molecular weight is 917 g/mol. The molecule has 0 spiro atoms. The Labute approximate surface area is 420 Å². The highest BCUT2D eigenvalue weighted by Crippen LogP contribution is 2.50. The summed E-state index contributed by atoms with van der Waals surface area (Å²) < 4.78 is 0. The van der Waals surface area contributed by atoms with Crippen LogP contribution in [0.25, 0.3) is 87.6 Å². The average Bonchev–Trinajstić information content (AvgIpc) is 3.46. The van der Waals surface area contributed by atoms with E-state index in [-0.39, 0.29) is 0 Å². The molecule has 0 aliphatic rings. The summed E-state index contributed by atoms with van der Waals surface area (Å²) >= 11 is 0. The maximum atomic E-state index is 2.33. The fraction of sp³-hybridized carbons (Fsp3) is 0. The van der Waals surface area contributed by atoms with Gasteiger partial charge in [-0.15, -0.1) is 0 Å². The van der Waals surface area contributed by atoms with Crippen LogP contribution in [-0.2, 0) is 0 Å². The molecule has 0 fully saturated rings. The van der Waals surface area contributed by atoms with Crippen molar-refractivity contribution in [1.29, 1.82) is 0 Å². The van der Waals surface area contributed by atoms with Gasteiger partial charge in [0.1, 0.15) is 0 Å². The Morgan fingerprint density at radius 1 is 0.153 bits per heavy atom. The van der Waals surface area contributed by atoms with E-state index in [1.165, 1.54) is 87.6 Å². The van der Waals surface area contributed by atoms with Gasteiger partial charge in [-0.1, -0.05) is 218 Å². The van der Waals surface area contributed by atoms with E-state index in [2.05, 4.69) is 301 Å². The molecule has 0 amide bonds. The zero-order chi connectivity index (χ0) is 47.8. The van der Waals surface area contributed by atoms with Crippen molar-refractivity contribution in [2.75, 3.05) is 9.80 Å². The Morgan fingerprint density at radius 3 is 0.653 bits per heavy atom. The standard InChI is InChI=1S/C70H48N2/c1-5-19-55(20-6-1)71(56-21-7-2-8-22-56)59-45-41-51(42-46-59)49-33-37-53(38-34-49)67-65-31-17-18-32-66(65)68(70-64-30-16-14-28-62(64)61-27-13-15-29-63(61)69(67)70)54-39-35-50(36-40-54)52-43-47-60(48-44-52)72(57-23-9-3-10-24-57)58-25-11-4-12-26-58/h1-48H. The van der Waals surface area contributed by atoms with Gasteiger partial charge in [-0.05, 0) is 160 Å². The smallest absolute Gasteiger partial charge is 0.0462 e. The zero-order valence-electron chi connectivity index (χ0n) is 39.6. The molecule has 13 aromatic carbocycles. The molecule has 0 saturated heterocycles. The van der Waals surface area contributed by atoms with Crippen LogP contribution < -0.4 is 9.80 Å². The second kappa shape index (κ2) is 18.4. The Morgan fingerprint density at radius 2 is 0.361 bits per heavy atom. The van der Waals surface area contributed by atoms with Gasteiger partial charge >= 0.3 is 0 Å². The molecule has 13 rings (SSSR count). The lowest BCUT2D eigenvalue weighted by molar-refractivity contribution is 1.28. The van der Waals surface area contributed by atoms with Crippen molar-refractivity contribution in [2.24, 2.45) is 0 Å². The minimum Gasteiger partial charge on any atom is -0.311 e. The molecule has 0 atom stereocenters. The third kappa shape index (κ3) is 7.63. The first-order valence-electron chi connectivity index (χ1n) is 24.8. The Bertz CT molecular complexity index is 3680. The van der Waals surface area contributed by atoms with E-state index in [0.717, 1.165) is 34.1 Å². The van der Waals surface area contributed by atoms with E-state index < -0.39 is 0 Å². The summed E-state index contributed by atoms with van der Waals surface area (Å²) in [6, 6.07) is 106. The van der Waals surface area contributed by atoms with Crippen LogP contribution in [0.5, 0.6) is 0 Å². The number of para-hydroxylation sites is 4. The first kappa shape index (κ1) is 42.6. The zero-order valence-corrected chi connectivity index (χ0v) is 39.6. The molecular formula is C70H48N2. The molecule has 0 aliphatic heterocycles. The molecule has 2 heteroatoms. The fourth-order valence-corrected chi connectivity index (χ4v) is 10.9. The molecule has 338 valence electrons. The normalized spacial score (nSPS) is 11.3. The van der Waals surface area contributed by atoms with E-state index in [9.17, 15) is 0 Å². The van der Waals surface area contributed by atoms with Crippen LogP contribution in [0, 0.1) is 0 Å². The fourth-order valence-electron chi connectivity index (χ4n) is 10.9. The molecular weight excluding hydrogens is 869 g/mol. The van der Waals surface area contributed by atoms with Crippen LogP contribution in [0.15, 0.2) is 291 Å². The second-order valence-electron chi connectivity index (χ2n) is 18.4. The van der Waals surface area contributed by atoms with E-state index in [1.807, 2.05) is 0 Å². The molecule has 0 aromatic heterocycles. The summed E-state index contributed by atoms with van der Waals surface area (Å²) in [7, 11) is 0. The predicted octanol–water partition coefficient (Wildman–Crippen LogP) is 19.9. The van der Waals surface area contributed by atoms with Gasteiger partial charge in [0, 0.05) is 34.1 Å². The summed E-state index contributed by atoms with van der Waals surface area (Å²) in [5, 5.41) is 10.1.